The smallest absolute Gasteiger partial charge is 0.312 e. The van der Waals surface area contributed by atoms with Crippen LogP contribution in [0.2, 0.25) is 5.02 Å². The first-order valence-electron chi connectivity index (χ1n) is 5.41. The fourth-order valence-electron chi connectivity index (χ4n) is 1.89. The van der Waals surface area contributed by atoms with Crippen LogP contribution in [-0.2, 0) is 0 Å². The van der Waals surface area contributed by atoms with Crippen molar-refractivity contribution in [2.24, 2.45) is 11.7 Å². The van der Waals surface area contributed by atoms with Gasteiger partial charge in [0.05, 0.1) is 16.0 Å². The zero-order valence-electron chi connectivity index (χ0n) is 9.14. The molecule has 2 N–H and O–H groups in total. The molecule has 6 heteroatoms. The van der Waals surface area contributed by atoms with Gasteiger partial charge in [0, 0.05) is 6.07 Å². The van der Waals surface area contributed by atoms with E-state index >= 15 is 0 Å². The molecule has 0 saturated heterocycles. The van der Waals surface area contributed by atoms with Gasteiger partial charge in [-0.15, -0.1) is 0 Å². The van der Waals surface area contributed by atoms with Crippen molar-refractivity contribution in [3.8, 4) is 5.75 Å². The van der Waals surface area contributed by atoms with Gasteiger partial charge in [0.2, 0.25) is 5.75 Å². The fraction of sp³-hybridized carbons (Fsp3) is 0.455. The Morgan fingerprint density at radius 2 is 2.24 bits per heavy atom. The number of rotatable bonds is 4. The lowest BCUT2D eigenvalue weighted by molar-refractivity contribution is -0.386. The molecular weight excluding hydrogens is 244 g/mol. The first-order chi connectivity index (χ1) is 8.11. The normalized spacial score (nSPS) is 22.9. The summed E-state index contributed by atoms with van der Waals surface area (Å²) in [4.78, 5) is 10.3. The van der Waals surface area contributed by atoms with E-state index in [-0.39, 0.29) is 22.6 Å². The van der Waals surface area contributed by atoms with E-state index in [0.717, 1.165) is 12.8 Å². The maximum absolute atomic E-state index is 10.8. The van der Waals surface area contributed by atoms with E-state index in [0.29, 0.717) is 12.5 Å². The van der Waals surface area contributed by atoms with E-state index in [1.165, 1.54) is 12.1 Å². The van der Waals surface area contributed by atoms with Gasteiger partial charge in [-0.1, -0.05) is 17.7 Å². The third kappa shape index (κ3) is 2.50. The van der Waals surface area contributed by atoms with Crippen molar-refractivity contribution >= 4 is 17.3 Å². The van der Waals surface area contributed by atoms with Gasteiger partial charge < -0.3 is 10.5 Å². The Bertz CT molecular complexity index is 433. The van der Waals surface area contributed by atoms with E-state index in [1.54, 1.807) is 6.07 Å². The zero-order valence-corrected chi connectivity index (χ0v) is 9.89. The third-order valence-electron chi connectivity index (χ3n) is 2.95. The summed E-state index contributed by atoms with van der Waals surface area (Å²) >= 11 is 5.91. The number of ether oxygens (including phenoxy) is 1. The molecule has 1 aliphatic carbocycles. The molecule has 1 aliphatic rings. The van der Waals surface area contributed by atoms with Gasteiger partial charge in [-0.05, 0) is 31.4 Å². The largest absolute Gasteiger partial charge is 0.482 e. The van der Waals surface area contributed by atoms with Crippen molar-refractivity contribution in [3.05, 3.63) is 33.3 Å². The summed E-state index contributed by atoms with van der Waals surface area (Å²) in [5.74, 6) is 0.626. The Hall–Kier alpha value is -1.33. The minimum atomic E-state index is -0.486. The van der Waals surface area contributed by atoms with Crippen LogP contribution in [0.5, 0.6) is 5.75 Å². The molecule has 2 rings (SSSR count). The highest BCUT2D eigenvalue weighted by Gasteiger charge is 2.32. The number of nitrogens with two attached hydrogens (primary N) is 1. The molecule has 0 amide bonds. The van der Waals surface area contributed by atoms with Gasteiger partial charge in [-0.2, -0.15) is 0 Å². The summed E-state index contributed by atoms with van der Waals surface area (Å²) in [6, 6.07) is 4.51. The van der Waals surface area contributed by atoms with Crippen LogP contribution in [0.4, 0.5) is 5.69 Å². The average molecular weight is 257 g/mol. The number of halogens is 1. The molecule has 5 nitrogen and oxygen atoms in total. The summed E-state index contributed by atoms with van der Waals surface area (Å²) in [7, 11) is 0. The zero-order chi connectivity index (χ0) is 12.4. The number of benzene rings is 1. The second kappa shape index (κ2) is 4.89. The molecule has 0 atom stereocenters. The molecule has 0 aliphatic heterocycles. The number of hydrogen-bond donors (Lipinski definition) is 1. The highest BCUT2D eigenvalue weighted by atomic mass is 35.5. The molecule has 0 bridgehead atoms. The first kappa shape index (κ1) is 12.1. The summed E-state index contributed by atoms with van der Waals surface area (Å²) in [6.07, 6.45) is 1.65. The van der Waals surface area contributed by atoms with Crippen molar-refractivity contribution in [2.45, 2.75) is 18.9 Å². The Morgan fingerprint density at radius 3 is 2.82 bits per heavy atom. The highest BCUT2D eigenvalue weighted by molar-refractivity contribution is 6.32. The molecule has 1 aromatic rings. The molecule has 0 radical (unpaired) electrons. The number of nitro benzene ring substituents is 1. The fourth-order valence-corrected chi connectivity index (χ4v) is 2.10. The van der Waals surface area contributed by atoms with Crippen molar-refractivity contribution in [1.29, 1.82) is 0 Å². The van der Waals surface area contributed by atoms with Gasteiger partial charge in [-0.3, -0.25) is 10.1 Å². The first-order valence-corrected chi connectivity index (χ1v) is 5.79. The lowest BCUT2D eigenvalue weighted by Crippen LogP contribution is -2.37. The SMILES string of the molecule is NCC1CC(Oc2c(Cl)cccc2[N+](=O)[O-])C1. The Kier molecular flexibility index (Phi) is 3.49. The van der Waals surface area contributed by atoms with Crippen LogP contribution in [0, 0.1) is 16.0 Å². The van der Waals surface area contributed by atoms with Gasteiger partial charge in [-0.25, -0.2) is 0 Å². The summed E-state index contributed by atoms with van der Waals surface area (Å²) in [5.41, 5.74) is 5.42. The van der Waals surface area contributed by atoms with E-state index in [2.05, 4.69) is 0 Å². The Morgan fingerprint density at radius 1 is 1.53 bits per heavy atom. The van der Waals surface area contributed by atoms with E-state index < -0.39 is 4.92 Å². The molecule has 1 aromatic carbocycles. The Labute approximate surface area is 104 Å². The highest BCUT2D eigenvalue weighted by Crippen LogP contribution is 2.39. The standard InChI is InChI=1S/C11H13ClN2O3/c12-9-2-1-3-10(14(15)16)11(9)17-8-4-7(5-8)6-13/h1-3,7-8H,4-6,13H2. The maximum atomic E-state index is 10.8. The minimum absolute atomic E-state index is 0.0119. The second-order valence-corrected chi connectivity index (χ2v) is 4.57. The summed E-state index contributed by atoms with van der Waals surface area (Å²) in [6.45, 7) is 0.629. The molecule has 1 saturated carbocycles. The van der Waals surface area contributed by atoms with Crippen LogP contribution in [0.3, 0.4) is 0 Å². The van der Waals surface area contributed by atoms with E-state index in [4.69, 9.17) is 22.1 Å². The van der Waals surface area contributed by atoms with Gasteiger partial charge in [0.15, 0.2) is 0 Å². The van der Waals surface area contributed by atoms with Crippen LogP contribution in [0.25, 0.3) is 0 Å². The lowest BCUT2D eigenvalue weighted by Gasteiger charge is -2.34. The van der Waals surface area contributed by atoms with Crippen LogP contribution >= 0.6 is 11.6 Å². The maximum Gasteiger partial charge on any atom is 0.312 e. The van der Waals surface area contributed by atoms with E-state index in [9.17, 15) is 10.1 Å². The number of para-hydroxylation sites is 1. The molecule has 1 fully saturated rings. The van der Waals surface area contributed by atoms with Crippen molar-refractivity contribution in [3.63, 3.8) is 0 Å². The minimum Gasteiger partial charge on any atom is -0.482 e. The van der Waals surface area contributed by atoms with E-state index in [1.807, 2.05) is 0 Å². The topological polar surface area (TPSA) is 78.4 Å². The molecule has 0 spiro atoms. The number of hydrogen-bond acceptors (Lipinski definition) is 4. The van der Waals surface area contributed by atoms with Crippen molar-refractivity contribution < 1.29 is 9.66 Å². The summed E-state index contributed by atoms with van der Waals surface area (Å²) < 4.78 is 5.58. The quantitative estimate of drug-likeness (QED) is 0.663. The molecule has 17 heavy (non-hydrogen) atoms. The lowest BCUT2D eigenvalue weighted by atomic mass is 9.82. The summed E-state index contributed by atoms with van der Waals surface area (Å²) in [5, 5.41) is 11.1. The van der Waals surface area contributed by atoms with Crippen LogP contribution in [0.1, 0.15) is 12.8 Å². The third-order valence-corrected chi connectivity index (χ3v) is 3.25. The predicted molar refractivity (Wildman–Crippen MR) is 64.3 cm³/mol. The number of nitrogens with zero attached hydrogens (tertiary/aromatic N) is 1. The molecule has 0 heterocycles. The molecule has 92 valence electrons. The second-order valence-electron chi connectivity index (χ2n) is 4.16. The van der Waals surface area contributed by atoms with Crippen LogP contribution in [-0.4, -0.2) is 17.6 Å². The van der Waals surface area contributed by atoms with Crippen molar-refractivity contribution in [2.75, 3.05) is 6.54 Å². The van der Waals surface area contributed by atoms with Crippen LogP contribution in [0.15, 0.2) is 18.2 Å². The predicted octanol–water partition coefficient (Wildman–Crippen LogP) is 2.36. The van der Waals surface area contributed by atoms with Gasteiger partial charge in [0.25, 0.3) is 0 Å². The monoisotopic (exact) mass is 256 g/mol. The number of nitro groups is 1. The molecular formula is C11H13ClN2O3. The van der Waals surface area contributed by atoms with Gasteiger partial charge >= 0.3 is 5.69 Å². The average Bonchev–Trinajstić information content (AvgIpc) is 2.24. The molecule has 0 aromatic heterocycles. The van der Waals surface area contributed by atoms with Crippen molar-refractivity contribution in [1.82, 2.24) is 0 Å². The van der Waals surface area contributed by atoms with Gasteiger partial charge in [0.1, 0.15) is 0 Å². The Balaban J connectivity index is 2.12. The molecule has 0 unspecified atom stereocenters. The van der Waals surface area contributed by atoms with Crippen LogP contribution < -0.4 is 10.5 Å².